The molecule has 2 heterocycles. The van der Waals surface area contributed by atoms with E-state index in [0.717, 1.165) is 25.3 Å². The number of nitrogens with one attached hydrogen (secondary N) is 1. The number of hydrogen-bond acceptors (Lipinski definition) is 3. The van der Waals surface area contributed by atoms with Gasteiger partial charge in [-0.05, 0) is 35.2 Å². The van der Waals surface area contributed by atoms with Crippen LogP contribution in [-0.2, 0) is 13.0 Å². The van der Waals surface area contributed by atoms with Crippen LogP contribution in [0.5, 0.6) is 0 Å². The van der Waals surface area contributed by atoms with E-state index in [-0.39, 0.29) is 0 Å². The number of benzene rings is 1. The molecule has 0 saturated carbocycles. The smallest absolute Gasteiger partial charge is 0.105 e. The van der Waals surface area contributed by atoms with E-state index in [1.54, 1.807) is 6.26 Å². The minimum Gasteiger partial charge on any atom is -0.469 e. The van der Waals surface area contributed by atoms with Crippen LogP contribution in [0.3, 0.4) is 0 Å². The second-order valence-corrected chi connectivity index (χ2v) is 4.56. The molecule has 0 atom stereocenters. The van der Waals surface area contributed by atoms with E-state index in [1.807, 2.05) is 30.6 Å². The Morgan fingerprint density at radius 2 is 2.11 bits per heavy atom. The van der Waals surface area contributed by atoms with Gasteiger partial charge < -0.3 is 9.73 Å². The van der Waals surface area contributed by atoms with Gasteiger partial charge in [0.15, 0.2) is 0 Å². The zero-order valence-corrected chi connectivity index (χ0v) is 10.7. The normalized spacial score (nSPS) is 10.9. The van der Waals surface area contributed by atoms with Crippen molar-refractivity contribution in [1.82, 2.24) is 10.3 Å². The minimum atomic E-state index is 0.874. The molecule has 1 N–H and O–H groups in total. The third kappa shape index (κ3) is 3.01. The third-order valence-corrected chi connectivity index (χ3v) is 3.16. The molecule has 0 saturated heterocycles. The summed E-state index contributed by atoms with van der Waals surface area (Å²) in [5.41, 5.74) is 1.29. The molecule has 0 radical (unpaired) electrons. The Labute approximate surface area is 112 Å². The fourth-order valence-corrected chi connectivity index (χ4v) is 2.14. The zero-order chi connectivity index (χ0) is 12.9. The van der Waals surface area contributed by atoms with E-state index in [9.17, 15) is 0 Å². The number of fused-ring (bicyclic) bond motifs is 1. The Morgan fingerprint density at radius 1 is 1.11 bits per heavy atom. The summed E-state index contributed by atoms with van der Waals surface area (Å²) in [6.45, 7) is 1.79. The first kappa shape index (κ1) is 11.9. The van der Waals surface area contributed by atoms with E-state index < -0.39 is 0 Å². The van der Waals surface area contributed by atoms with Crippen LogP contribution in [0, 0.1) is 0 Å². The predicted octanol–water partition coefficient (Wildman–Crippen LogP) is 3.16. The van der Waals surface area contributed by atoms with Gasteiger partial charge in [0.2, 0.25) is 0 Å². The molecule has 3 nitrogen and oxygen atoms in total. The molecular weight excluding hydrogens is 236 g/mol. The summed E-state index contributed by atoms with van der Waals surface area (Å²) in [4.78, 5) is 4.12. The lowest BCUT2D eigenvalue weighted by atomic mass is 10.1. The highest BCUT2D eigenvalue weighted by Crippen LogP contribution is 2.14. The van der Waals surface area contributed by atoms with Gasteiger partial charge in [-0.1, -0.05) is 12.1 Å². The number of nitrogens with zero attached hydrogens (tertiary/aromatic N) is 1. The highest BCUT2D eigenvalue weighted by Gasteiger charge is 1.98. The number of aromatic nitrogens is 1. The average molecular weight is 252 g/mol. The van der Waals surface area contributed by atoms with Gasteiger partial charge in [0.1, 0.15) is 5.76 Å². The zero-order valence-electron chi connectivity index (χ0n) is 10.7. The molecule has 0 fully saturated rings. The van der Waals surface area contributed by atoms with Gasteiger partial charge in [-0.25, -0.2) is 0 Å². The van der Waals surface area contributed by atoms with Crippen LogP contribution >= 0.6 is 0 Å². The van der Waals surface area contributed by atoms with Crippen molar-refractivity contribution in [1.29, 1.82) is 0 Å². The number of furan rings is 1. The van der Waals surface area contributed by atoms with Crippen LogP contribution in [0.4, 0.5) is 0 Å². The molecule has 3 rings (SSSR count). The molecule has 0 spiro atoms. The molecule has 0 bridgehead atoms. The van der Waals surface area contributed by atoms with Crippen LogP contribution in [0.2, 0.25) is 0 Å². The van der Waals surface area contributed by atoms with Crippen molar-refractivity contribution in [2.24, 2.45) is 0 Å². The van der Waals surface area contributed by atoms with Gasteiger partial charge in [0.05, 0.1) is 6.26 Å². The van der Waals surface area contributed by atoms with Crippen molar-refractivity contribution in [3.8, 4) is 0 Å². The largest absolute Gasteiger partial charge is 0.469 e. The highest BCUT2D eigenvalue weighted by atomic mass is 16.3. The van der Waals surface area contributed by atoms with Gasteiger partial charge in [0.25, 0.3) is 0 Å². The van der Waals surface area contributed by atoms with Crippen molar-refractivity contribution in [3.63, 3.8) is 0 Å². The lowest BCUT2D eigenvalue weighted by molar-refractivity contribution is 0.499. The minimum absolute atomic E-state index is 0.874. The molecule has 0 unspecified atom stereocenters. The second-order valence-electron chi connectivity index (χ2n) is 4.56. The summed E-state index contributed by atoms with van der Waals surface area (Å²) < 4.78 is 5.30. The lowest BCUT2D eigenvalue weighted by Gasteiger charge is -2.05. The SMILES string of the molecule is c1coc(CCNCc2ccc3cnccc3c2)c1. The topological polar surface area (TPSA) is 38.1 Å². The van der Waals surface area contributed by atoms with Gasteiger partial charge in [-0.15, -0.1) is 0 Å². The quantitative estimate of drug-likeness (QED) is 0.709. The average Bonchev–Trinajstić information content (AvgIpc) is 2.97. The summed E-state index contributed by atoms with van der Waals surface area (Å²) >= 11 is 0. The summed E-state index contributed by atoms with van der Waals surface area (Å²) in [6, 6.07) is 12.4. The molecule has 19 heavy (non-hydrogen) atoms. The maximum absolute atomic E-state index is 5.30. The Kier molecular flexibility index (Phi) is 3.56. The summed E-state index contributed by atoms with van der Waals surface area (Å²) in [7, 11) is 0. The molecule has 0 amide bonds. The maximum atomic E-state index is 5.30. The monoisotopic (exact) mass is 252 g/mol. The van der Waals surface area contributed by atoms with Gasteiger partial charge in [-0.2, -0.15) is 0 Å². The fraction of sp³-hybridized carbons (Fsp3) is 0.188. The third-order valence-electron chi connectivity index (χ3n) is 3.16. The Balaban J connectivity index is 1.56. The molecule has 3 heteroatoms. The molecule has 1 aromatic carbocycles. The summed E-state index contributed by atoms with van der Waals surface area (Å²) in [6.07, 6.45) is 6.36. The van der Waals surface area contributed by atoms with Gasteiger partial charge in [0, 0.05) is 37.3 Å². The van der Waals surface area contributed by atoms with E-state index in [0.29, 0.717) is 0 Å². The Bertz CT molecular complexity index is 647. The molecular formula is C16H16N2O. The lowest BCUT2D eigenvalue weighted by Crippen LogP contribution is -2.16. The maximum Gasteiger partial charge on any atom is 0.105 e. The standard InChI is InChI=1S/C16H16N2O/c1-2-16(19-9-1)6-8-17-11-13-3-4-15-12-18-7-5-14(15)10-13/h1-5,7,9-10,12,17H,6,8,11H2. The molecule has 0 aliphatic carbocycles. The van der Waals surface area contributed by atoms with E-state index in [4.69, 9.17) is 4.42 Å². The van der Waals surface area contributed by atoms with Crippen LogP contribution < -0.4 is 5.32 Å². The van der Waals surface area contributed by atoms with Crippen LogP contribution in [0.15, 0.2) is 59.5 Å². The second kappa shape index (κ2) is 5.67. The van der Waals surface area contributed by atoms with Crippen molar-refractivity contribution in [2.75, 3.05) is 6.54 Å². The summed E-state index contributed by atoms with van der Waals surface area (Å²) in [5, 5.41) is 5.85. The van der Waals surface area contributed by atoms with Gasteiger partial charge in [-0.3, -0.25) is 4.98 Å². The first-order valence-corrected chi connectivity index (χ1v) is 6.47. The first-order chi connectivity index (χ1) is 9.42. The van der Waals surface area contributed by atoms with Crippen LogP contribution in [-0.4, -0.2) is 11.5 Å². The van der Waals surface area contributed by atoms with E-state index >= 15 is 0 Å². The Hall–Kier alpha value is -2.13. The predicted molar refractivity (Wildman–Crippen MR) is 75.9 cm³/mol. The van der Waals surface area contributed by atoms with Gasteiger partial charge >= 0.3 is 0 Å². The first-order valence-electron chi connectivity index (χ1n) is 6.47. The molecule has 0 aliphatic heterocycles. The van der Waals surface area contributed by atoms with Crippen molar-refractivity contribution >= 4 is 10.8 Å². The van der Waals surface area contributed by atoms with E-state index in [1.165, 1.54) is 16.3 Å². The van der Waals surface area contributed by atoms with Crippen LogP contribution in [0.25, 0.3) is 10.8 Å². The number of rotatable bonds is 5. The van der Waals surface area contributed by atoms with E-state index in [2.05, 4.69) is 28.5 Å². The summed E-state index contributed by atoms with van der Waals surface area (Å²) in [5.74, 6) is 1.03. The highest BCUT2D eigenvalue weighted by molar-refractivity contribution is 5.81. The molecule has 0 aliphatic rings. The van der Waals surface area contributed by atoms with Crippen LogP contribution in [0.1, 0.15) is 11.3 Å². The number of pyridine rings is 1. The van der Waals surface area contributed by atoms with Crippen molar-refractivity contribution < 1.29 is 4.42 Å². The number of hydrogen-bond donors (Lipinski definition) is 1. The van der Waals surface area contributed by atoms with Crippen molar-refractivity contribution in [3.05, 3.63) is 66.4 Å². The molecule has 3 aromatic rings. The Morgan fingerprint density at radius 3 is 3.00 bits per heavy atom. The molecule has 2 aromatic heterocycles. The molecule has 96 valence electrons. The van der Waals surface area contributed by atoms with Crippen molar-refractivity contribution in [2.45, 2.75) is 13.0 Å². The fourth-order valence-electron chi connectivity index (χ4n) is 2.14.